The maximum atomic E-state index is 11.5. The second kappa shape index (κ2) is 5.57. The topological polar surface area (TPSA) is 104 Å². The van der Waals surface area contributed by atoms with Crippen LogP contribution in [0.4, 0.5) is 11.6 Å². The normalized spacial score (nSPS) is 10.2. The van der Waals surface area contributed by atoms with Crippen LogP contribution in [0.5, 0.6) is 0 Å². The lowest BCUT2D eigenvalue weighted by molar-refractivity contribution is 0.0594. The lowest BCUT2D eigenvalue weighted by Gasteiger charge is -2.08. The molecule has 1 aromatic heterocycles. The number of anilines is 2. The molecule has 0 aliphatic carbocycles. The van der Waals surface area contributed by atoms with Crippen LogP contribution in [0, 0.1) is 0 Å². The van der Waals surface area contributed by atoms with Crippen molar-refractivity contribution in [2.24, 2.45) is 0 Å². The summed E-state index contributed by atoms with van der Waals surface area (Å²) in [5, 5.41) is 0.417. The first-order valence-electron chi connectivity index (χ1n) is 5.36. The molecule has 1 aromatic carbocycles. The smallest absolute Gasteiger partial charge is 0.360 e. The number of carbonyl (C=O) groups excluding carboxylic acids is 1. The van der Waals surface area contributed by atoms with E-state index in [9.17, 15) is 4.79 Å². The van der Waals surface area contributed by atoms with Crippen molar-refractivity contribution in [3.05, 3.63) is 36.0 Å². The first kappa shape index (κ1) is 13.2. The Labute approximate surface area is 114 Å². The first-order chi connectivity index (χ1) is 9.11. The van der Waals surface area contributed by atoms with Gasteiger partial charge in [0, 0.05) is 4.90 Å². The fourth-order valence-corrected chi connectivity index (χ4v) is 2.17. The molecule has 0 fully saturated rings. The van der Waals surface area contributed by atoms with Crippen LogP contribution in [-0.4, -0.2) is 23.0 Å². The highest BCUT2D eigenvalue weighted by Gasteiger charge is 2.17. The van der Waals surface area contributed by atoms with E-state index in [0.717, 1.165) is 4.90 Å². The fourth-order valence-electron chi connectivity index (χ4n) is 1.37. The highest BCUT2D eigenvalue weighted by molar-refractivity contribution is 7.99. The molecule has 0 spiro atoms. The van der Waals surface area contributed by atoms with Gasteiger partial charge in [-0.15, -0.1) is 0 Å². The molecular weight excluding hydrogens is 264 g/mol. The van der Waals surface area contributed by atoms with Crippen LogP contribution in [-0.2, 0) is 4.74 Å². The van der Waals surface area contributed by atoms with Crippen molar-refractivity contribution < 1.29 is 9.53 Å². The molecule has 0 saturated carbocycles. The third-order valence-corrected chi connectivity index (χ3v) is 3.25. The van der Waals surface area contributed by atoms with Crippen LogP contribution >= 0.6 is 11.8 Å². The van der Waals surface area contributed by atoms with E-state index < -0.39 is 5.97 Å². The van der Waals surface area contributed by atoms with Crippen LogP contribution in [0.3, 0.4) is 0 Å². The van der Waals surface area contributed by atoms with Crippen molar-refractivity contribution in [3.63, 3.8) is 0 Å². The van der Waals surface area contributed by atoms with Gasteiger partial charge in [0.25, 0.3) is 0 Å². The van der Waals surface area contributed by atoms with E-state index >= 15 is 0 Å². The molecule has 19 heavy (non-hydrogen) atoms. The molecule has 0 unspecified atom stereocenters. The Balaban J connectivity index is 2.38. The van der Waals surface area contributed by atoms with Gasteiger partial charge < -0.3 is 16.2 Å². The second-order valence-corrected chi connectivity index (χ2v) is 4.62. The Kier molecular flexibility index (Phi) is 3.86. The molecule has 98 valence electrons. The van der Waals surface area contributed by atoms with Gasteiger partial charge in [-0.05, 0) is 12.1 Å². The Morgan fingerprint density at radius 2 is 1.84 bits per heavy atom. The van der Waals surface area contributed by atoms with Crippen molar-refractivity contribution in [2.45, 2.75) is 9.92 Å². The van der Waals surface area contributed by atoms with Gasteiger partial charge in [0.2, 0.25) is 0 Å². The lowest BCUT2D eigenvalue weighted by atomic mass is 10.4. The number of aromatic nitrogens is 2. The molecule has 4 N–H and O–H groups in total. The number of carbonyl (C=O) groups is 1. The van der Waals surface area contributed by atoms with Crippen LogP contribution in [0.15, 0.2) is 40.3 Å². The summed E-state index contributed by atoms with van der Waals surface area (Å²) in [6, 6.07) is 9.50. The van der Waals surface area contributed by atoms with Crippen LogP contribution in [0.25, 0.3) is 0 Å². The van der Waals surface area contributed by atoms with E-state index in [0.29, 0.717) is 5.03 Å². The predicted molar refractivity (Wildman–Crippen MR) is 72.8 cm³/mol. The first-order valence-corrected chi connectivity index (χ1v) is 6.17. The van der Waals surface area contributed by atoms with Gasteiger partial charge in [-0.2, -0.15) is 0 Å². The monoisotopic (exact) mass is 276 g/mol. The molecule has 0 aliphatic heterocycles. The van der Waals surface area contributed by atoms with E-state index in [-0.39, 0.29) is 17.3 Å². The van der Waals surface area contributed by atoms with Gasteiger partial charge in [0.05, 0.1) is 7.11 Å². The predicted octanol–water partition coefficient (Wildman–Crippen LogP) is 1.58. The maximum absolute atomic E-state index is 11.5. The Hall–Kier alpha value is -2.28. The number of hydrogen-bond donors (Lipinski definition) is 2. The van der Waals surface area contributed by atoms with Gasteiger partial charge >= 0.3 is 5.97 Å². The zero-order valence-electron chi connectivity index (χ0n) is 10.2. The quantitative estimate of drug-likeness (QED) is 0.820. The number of nitrogens with zero attached hydrogens (tertiary/aromatic N) is 2. The van der Waals surface area contributed by atoms with Crippen molar-refractivity contribution >= 4 is 29.4 Å². The number of benzene rings is 1. The zero-order chi connectivity index (χ0) is 13.8. The molecule has 0 saturated heterocycles. The molecule has 0 aliphatic rings. The molecule has 2 rings (SSSR count). The summed E-state index contributed by atoms with van der Waals surface area (Å²) in [5.74, 6) is -0.499. The Bertz CT molecular complexity index is 604. The lowest BCUT2D eigenvalue weighted by Crippen LogP contribution is -2.12. The molecule has 1 heterocycles. The van der Waals surface area contributed by atoms with Crippen LogP contribution < -0.4 is 11.5 Å². The number of rotatable bonds is 3. The highest BCUT2D eigenvalue weighted by atomic mass is 32.2. The Morgan fingerprint density at radius 1 is 1.16 bits per heavy atom. The minimum absolute atomic E-state index is 0.0323. The molecule has 0 bridgehead atoms. The minimum atomic E-state index is -0.639. The summed E-state index contributed by atoms with van der Waals surface area (Å²) in [5.41, 5.74) is 11.3. The van der Waals surface area contributed by atoms with E-state index in [2.05, 4.69) is 14.7 Å². The fraction of sp³-hybridized carbons (Fsp3) is 0.0833. The molecule has 7 heteroatoms. The standard InChI is InChI=1S/C12H12N4O2S/c1-18-12(17)8-9(13)16-10(14)11(15-8)19-7-5-3-2-4-6-7/h2-6H,1H3,(H4,13,14,16). The number of nitrogen functional groups attached to an aromatic ring is 2. The molecule has 0 amide bonds. The summed E-state index contributed by atoms with van der Waals surface area (Å²) >= 11 is 1.30. The summed E-state index contributed by atoms with van der Waals surface area (Å²) in [7, 11) is 1.25. The van der Waals surface area contributed by atoms with Gasteiger partial charge in [-0.1, -0.05) is 30.0 Å². The summed E-state index contributed by atoms with van der Waals surface area (Å²) < 4.78 is 4.59. The average molecular weight is 276 g/mol. The third kappa shape index (κ3) is 2.94. The van der Waals surface area contributed by atoms with Crippen LogP contribution in [0.1, 0.15) is 10.5 Å². The van der Waals surface area contributed by atoms with Gasteiger partial charge in [0.15, 0.2) is 17.3 Å². The number of methoxy groups -OCH3 is 1. The highest BCUT2D eigenvalue weighted by Crippen LogP contribution is 2.30. The molecular formula is C12H12N4O2S. The number of esters is 1. The molecule has 0 radical (unpaired) electrons. The second-order valence-electron chi connectivity index (χ2n) is 3.55. The minimum Gasteiger partial charge on any atom is -0.464 e. The number of ether oxygens (including phenoxy) is 1. The molecule has 6 nitrogen and oxygen atoms in total. The van der Waals surface area contributed by atoms with Crippen LogP contribution in [0.2, 0.25) is 0 Å². The summed E-state index contributed by atoms with van der Waals surface area (Å²) in [6.07, 6.45) is 0. The van der Waals surface area contributed by atoms with Gasteiger partial charge in [-0.3, -0.25) is 0 Å². The third-order valence-electron chi connectivity index (χ3n) is 2.25. The van der Waals surface area contributed by atoms with E-state index in [1.165, 1.54) is 18.9 Å². The van der Waals surface area contributed by atoms with E-state index in [1.54, 1.807) is 0 Å². The summed E-state index contributed by atoms with van der Waals surface area (Å²) in [4.78, 5) is 20.5. The number of hydrogen-bond acceptors (Lipinski definition) is 7. The molecule has 0 atom stereocenters. The summed E-state index contributed by atoms with van der Waals surface area (Å²) in [6.45, 7) is 0. The van der Waals surface area contributed by atoms with Gasteiger partial charge in [-0.25, -0.2) is 14.8 Å². The maximum Gasteiger partial charge on any atom is 0.360 e. The molecule has 2 aromatic rings. The van der Waals surface area contributed by atoms with E-state index in [4.69, 9.17) is 11.5 Å². The number of nitrogens with two attached hydrogens (primary N) is 2. The zero-order valence-corrected chi connectivity index (χ0v) is 11.0. The van der Waals surface area contributed by atoms with Crippen molar-refractivity contribution in [1.82, 2.24) is 9.97 Å². The van der Waals surface area contributed by atoms with Crippen molar-refractivity contribution in [3.8, 4) is 0 Å². The Morgan fingerprint density at radius 3 is 2.47 bits per heavy atom. The van der Waals surface area contributed by atoms with Crippen molar-refractivity contribution in [2.75, 3.05) is 18.6 Å². The van der Waals surface area contributed by atoms with E-state index in [1.807, 2.05) is 30.3 Å². The SMILES string of the molecule is COC(=O)c1nc(Sc2ccccc2)c(N)nc1N. The largest absolute Gasteiger partial charge is 0.464 e. The average Bonchev–Trinajstić information content (AvgIpc) is 2.42. The van der Waals surface area contributed by atoms with Gasteiger partial charge in [0.1, 0.15) is 5.03 Å². The van der Waals surface area contributed by atoms with Crippen molar-refractivity contribution in [1.29, 1.82) is 0 Å².